The Kier molecular flexibility index (Phi) is 2.87. The third-order valence-corrected chi connectivity index (χ3v) is 2.00. The number of hydrogen-bond donors (Lipinski definition) is 1. The van der Waals surface area contributed by atoms with E-state index in [9.17, 15) is 0 Å². The van der Waals surface area contributed by atoms with Gasteiger partial charge in [0.2, 0.25) is 5.82 Å². The smallest absolute Gasteiger partial charge is 0.234 e. The molecule has 0 amide bonds. The van der Waals surface area contributed by atoms with Crippen LogP contribution in [0.4, 0.5) is 5.82 Å². The number of anilines is 1. The second-order valence-corrected chi connectivity index (χ2v) is 3.19. The molecule has 2 heterocycles. The molecule has 0 saturated heterocycles. The van der Waals surface area contributed by atoms with E-state index in [0.29, 0.717) is 16.9 Å². The maximum absolute atomic E-state index is 8.80. The first-order chi connectivity index (χ1) is 7.85. The van der Waals surface area contributed by atoms with Crippen LogP contribution in [0.5, 0.6) is 0 Å². The maximum Gasteiger partial charge on any atom is 0.234 e. The Bertz CT molecular complexity index is 544. The highest BCUT2D eigenvalue weighted by atomic mass is 15.1. The first-order valence-corrected chi connectivity index (χ1v) is 4.97. The number of nitrogens with zero attached hydrogens (tertiary/aromatic N) is 5. The average molecular weight is 214 g/mol. The quantitative estimate of drug-likeness (QED) is 0.823. The summed E-state index contributed by atoms with van der Waals surface area (Å²) >= 11 is 0. The molecule has 80 valence electrons. The fraction of sp³-hybridized carbons (Fsp3) is 0.300. The Morgan fingerprint density at radius 3 is 3.06 bits per heavy atom. The molecule has 0 fully saturated rings. The van der Waals surface area contributed by atoms with Gasteiger partial charge in [0, 0.05) is 6.54 Å². The Morgan fingerprint density at radius 1 is 1.44 bits per heavy atom. The summed E-state index contributed by atoms with van der Waals surface area (Å²) in [4.78, 5) is 16.1. The first-order valence-electron chi connectivity index (χ1n) is 4.97. The average Bonchev–Trinajstić information content (AvgIpc) is 2.35. The molecule has 6 nitrogen and oxygen atoms in total. The lowest BCUT2D eigenvalue weighted by Gasteiger charge is -2.05. The van der Waals surface area contributed by atoms with Gasteiger partial charge in [0.25, 0.3) is 0 Å². The highest BCUT2D eigenvalue weighted by Crippen LogP contribution is 2.16. The van der Waals surface area contributed by atoms with E-state index in [4.69, 9.17) is 5.26 Å². The normalized spacial score (nSPS) is 10.0. The molecule has 2 aromatic rings. The van der Waals surface area contributed by atoms with Crippen LogP contribution in [-0.2, 0) is 0 Å². The molecule has 6 heteroatoms. The predicted octanol–water partition coefficient (Wildman–Crippen LogP) is 1.11. The highest BCUT2D eigenvalue weighted by Gasteiger charge is 2.07. The lowest BCUT2D eigenvalue weighted by atomic mass is 10.3. The van der Waals surface area contributed by atoms with Crippen molar-refractivity contribution in [2.24, 2.45) is 0 Å². The summed E-state index contributed by atoms with van der Waals surface area (Å²) in [5.74, 6) is 0.715. The van der Waals surface area contributed by atoms with Crippen LogP contribution in [0.15, 0.2) is 12.5 Å². The number of hydrogen-bond acceptors (Lipinski definition) is 6. The zero-order valence-electron chi connectivity index (χ0n) is 8.80. The minimum atomic E-state index is 0.126. The molecule has 0 saturated carbocycles. The van der Waals surface area contributed by atoms with Crippen molar-refractivity contribution in [3.63, 3.8) is 0 Å². The van der Waals surface area contributed by atoms with Crippen LogP contribution in [0.1, 0.15) is 19.2 Å². The molecule has 0 atom stereocenters. The molecular formula is C10H10N6. The molecule has 0 unspecified atom stereocenters. The van der Waals surface area contributed by atoms with Gasteiger partial charge in [-0.1, -0.05) is 6.92 Å². The van der Waals surface area contributed by atoms with Crippen LogP contribution in [0.3, 0.4) is 0 Å². The summed E-state index contributed by atoms with van der Waals surface area (Å²) in [6.07, 6.45) is 3.98. The van der Waals surface area contributed by atoms with E-state index in [1.165, 1.54) is 6.33 Å². The number of aromatic nitrogens is 4. The van der Waals surface area contributed by atoms with E-state index in [2.05, 4.69) is 32.2 Å². The third-order valence-electron chi connectivity index (χ3n) is 2.00. The number of rotatable bonds is 3. The molecule has 16 heavy (non-hydrogen) atoms. The predicted molar refractivity (Wildman–Crippen MR) is 58.6 cm³/mol. The van der Waals surface area contributed by atoms with Crippen LogP contribution in [0, 0.1) is 11.3 Å². The maximum atomic E-state index is 8.80. The van der Waals surface area contributed by atoms with Crippen molar-refractivity contribution in [1.29, 1.82) is 5.26 Å². The van der Waals surface area contributed by atoms with Crippen molar-refractivity contribution < 1.29 is 0 Å². The van der Waals surface area contributed by atoms with Crippen molar-refractivity contribution in [1.82, 2.24) is 19.9 Å². The molecule has 0 bridgehead atoms. The van der Waals surface area contributed by atoms with Crippen molar-refractivity contribution >= 4 is 16.9 Å². The van der Waals surface area contributed by atoms with Gasteiger partial charge in [-0.15, -0.1) is 0 Å². The molecule has 0 aliphatic carbocycles. The zero-order valence-corrected chi connectivity index (χ0v) is 8.80. The van der Waals surface area contributed by atoms with Gasteiger partial charge >= 0.3 is 0 Å². The topological polar surface area (TPSA) is 87.4 Å². The lowest BCUT2D eigenvalue weighted by molar-refractivity contribution is 0.964. The summed E-state index contributed by atoms with van der Waals surface area (Å²) in [6, 6.07) is 1.92. The molecule has 0 spiro atoms. The number of nitriles is 1. The van der Waals surface area contributed by atoms with Crippen LogP contribution in [-0.4, -0.2) is 26.5 Å². The van der Waals surface area contributed by atoms with Crippen molar-refractivity contribution in [3.05, 3.63) is 18.3 Å². The molecule has 2 rings (SSSR count). The van der Waals surface area contributed by atoms with Crippen molar-refractivity contribution in [2.45, 2.75) is 13.3 Å². The minimum Gasteiger partial charge on any atom is -0.368 e. The minimum absolute atomic E-state index is 0.126. The molecule has 2 aromatic heterocycles. The highest BCUT2D eigenvalue weighted by molar-refractivity contribution is 5.84. The van der Waals surface area contributed by atoms with Gasteiger partial charge in [0.1, 0.15) is 23.4 Å². The monoisotopic (exact) mass is 214 g/mol. The SMILES string of the molecule is CCCNc1nc(C#N)nc2cncnc12. The van der Waals surface area contributed by atoms with Crippen molar-refractivity contribution in [3.8, 4) is 6.07 Å². The van der Waals surface area contributed by atoms with E-state index in [1.807, 2.05) is 6.07 Å². The Morgan fingerprint density at radius 2 is 2.31 bits per heavy atom. The molecule has 0 radical (unpaired) electrons. The molecule has 0 aliphatic rings. The molecular weight excluding hydrogens is 204 g/mol. The van der Waals surface area contributed by atoms with Gasteiger partial charge in [-0.25, -0.2) is 15.0 Å². The van der Waals surface area contributed by atoms with Gasteiger partial charge in [-0.2, -0.15) is 10.2 Å². The van der Waals surface area contributed by atoms with Gasteiger partial charge in [-0.05, 0) is 6.42 Å². The summed E-state index contributed by atoms with van der Waals surface area (Å²) < 4.78 is 0. The fourth-order valence-corrected chi connectivity index (χ4v) is 1.30. The Labute approximate surface area is 92.4 Å². The third kappa shape index (κ3) is 1.88. The van der Waals surface area contributed by atoms with Crippen molar-refractivity contribution in [2.75, 3.05) is 11.9 Å². The first kappa shape index (κ1) is 10.2. The van der Waals surface area contributed by atoms with E-state index in [0.717, 1.165) is 13.0 Å². The fourth-order valence-electron chi connectivity index (χ4n) is 1.30. The van der Waals surface area contributed by atoms with Gasteiger partial charge in [0.05, 0.1) is 6.20 Å². The van der Waals surface area contributed by atoms with Gasteiger partial charge < -0.3 is 5.32 Å². The standard InChI is InChI=1S/C10H10N6/c1-2-3-13-10-9-7(5-12-6-14-9)15-8(4-11)16-10/h5-6H,2-3H2,1H3,(H,13,15,16). The lowest BCUT2D eigenvalue weighted by Crippen LogP contribution is -2.06. The molecule has 0 aromatic carbocycles. The largest absolute Gasteiger partial charge is 0.368 e. The van der Waals surface area contributed by atoms with E-state index in [1.54, 1.807) is 6.20 Å². The summed E-state index contributed by atoms with van der Waals surface area (Å²) in [5, 5.41) is 11.9. The second kappa shape index (κ2) is 4.49. The Balaban J connectivity index is 2.55. The van der Waals surface area contributed by atoms with Crippen LogP contribution in [0.2, 0.25) is 0 Å². The van der Waals surface area contributed by atoms with E-state index < -0.39 is 0 Å². The molecule has 1 N–H and O–H groups in total. The van der Waals surface area contributed by atoms with Crippen LogP contribution in [0.25, 0.3) is 11.0 Å². The summed E-state index contributed by atoms with van der Waals surface area (Å²) in [5.41, 5.74) is 1.22. The van der Waals surface area contributed by atoms with E-state index >= 15 is 0 Å². The van der Waals surface area contributed by atoms with Gasteiger partial charge in [-0.3, -0.25) is 0 Å². The number of nitrogens with one attached hydrogen (secondary N) is 1. The van der Waals surface area contributed by atoms with E-state index in [-0.39, 0.29) is 5.82 Å². The zero-order chi connectivity index (χ0) is 11.4. The molecule has 0 aliphatic heterocycles. The summed E-state index contributed by atoms with van der Waals surface area (Å²) in [7, 11) is 0. The number of fused-ring (bicyclic) bond motifs is 1. The Hall–Kier alpha value is -2.29. The van der Waals surface area contributed by atoms with Crippen LogP contribution >= 0.6 is 0 Å². The second-order valence-electron chi connectivity index (χ2n) is 3.19. The summed E-state index contributed by atoms with van der Waals surface area (Å²) in [6.45, 7) is 2.83. The van der Waals surface area contributed by atoms with Crippen LogP contribution < -0.4 is 5.32 Å². The van der Waals surface area contributed by atoms with Gasteiger partial charge in [0.15, 0.2) is 5.82 Å².